The van der Waals surface area contributed by atoms with Gasteiger partial charge in [-0.15, -0.1) is 0 Å². The first kappa shape index (κ1) is 8.05. The summed E-state index contributed by atoms with van der Waals surface area (Å²) in [5.41, 5.74) is 2.23. The van der Waals surface area contributed by atoms with Crippen molar-refractivity contribution in [2.24, 2.45) is 0 Å². The van der Waals surface area contributed by atoms with Crippen LogP contribution in [-0.4, -0.2) is 12.1 Å². The van der Waals surface area contributed by atoms with Crippen LogP contribution in [0.5, 0.6) is 5.88 Å². The predicted molar refractivity (Wildman–Crippen MR) is 53.0 cm³/mol. The quantitative estimate of drug-likeness (QED) is 0.661. The zero-order chi connectivity index (χ0) is 9.26. The topological polar surface area (TPSA) is 22.1 Å². The van der Waals surface area contributed by atoms with Crippen molar-refractivity contribution in [2.75, 3.05) is 7.11 Å². The van der Waals surface area contributed by atoms with Crippen LogP contribution in [0.15, 0.2) is 30.3 Å². The minimum Gasteiger partial charge on any atom is -0.481 e. The third kappa shape index (κ3) is 1.47. The zero-order valence-corrected chi connectivity index (χ0v) is 7.74. The van der Waals surface area contributed by atoms with Crippen LogP contribution >= 0.6 is 0 Å². The molecule has 1 heterocycles. The van der Waals surface area contributed by atoms with E-state index in [1.165, 1.54) is 5.56 Å². The Morgan fingerprint density at radius 3 is 2.77 bits per heavy atom. The van der Waals surface area contributed by atoms with Gasteiger partial charge in [-0.05, 0) is 25.1 Å². The number of hydrogen-bond acceptors (Lipinski definition) is 2. The minimum atomic E-state index is 0.663. The molecule has 0 spiro atoms. The minimum absolute atomic E-state index is 0.663. The molecule has 1 aromatic carbocycles. The average molecular weight is 173 g/mol. The van der Waals surface area contributed by atoms with Crippen LogP contribution in [0.25, 0.3) is 10.9 Å². The molecule has 2 heteroatoms. The molecule has 0 aliphatic carbocycles. The number of ether oxygens (including phenoxy) is 1. The van der Waals surface area contributed by atoms with E-state index in [1.54, 1.807) is 7.11 Å². The van der Waals surface area contributed by atoms with Crippen LogP contribution in [0, 0.1) is 6.92 Å². The van der Waals surface area contributed by atoms with E-state index in [9.17, 15) is 0 Å². The highest BCUT2D eigenvalue weighted by molar-refractivity contribution is 5.79. The first-order valence-electron chi connectivity index (χ1n) is 4.21. The number of fused-ring (bicyclic) bond motifs is 1. The Morgan fingerprint density at radius 1 is 1.15 bits per heavy atom. The number of pyridine rings is 1. The van der Waals surface area contributed by atoms with Crippen LogP contribution in [0.4, 0.5) is 0 Å². The monoisotopic (exact) mass is 173 g/mol. The van der Waals surface area contributed by atoms with E-state index < -0.39 is 0 Å². The fraction of sp³-hybridized carbons (Fsp3) is 0.182. The molecule has 0 radical (unpaired) electrons. The van der Waals surface area contributed by atoms with Crippen LogP contribution < -0.4 is 4.74 Å². The molecule has 0 bridgehead atoms. The van der Waals surface area contributed by atoms with Gasteiger partial charge in [0, 0.05) is 11.5 Å². The van der Waals surface area contributed by atoms with E-state index in [0.29, 0.717) is 5.88 Å². The van der Waals surface area contributed by atoms with Crippen molar-refractivity contribution in [2.45, 2.75) is 6.92 Å². The normalized spacial score (nSPS) is 10.3. The van der Waals surface area contributed by atoms with Gasteiger partial charge < -0.3 is 4.74 Å². The summed E-state index contributed by atoms with van der Waals surface area (Å²) in [6.07, 6.45) is 0. The standard InChI is InChI=1S/C11H11NO/c1-8-3-5-10-9(7-8)4-6-11(12-10)13-2/h3-7H,1-2H3. The third-order valence-electron chi connectivity index (χ3n) is 2.03. The Labute approximate surface area is 77.2 Å². The second kappa shape index (κ2) is 3.05. The van der Waals surface area contributed by atoms with E-state index in [2.05, 4.69) is 24.0 Å². The lowest BCUT2D eigenvalue weighted by molar-refractivity contribution is 0.399. The van der Waals surface area contributed by atoms with Gasteiger partial charge in [0.1, 0.15) is 0 Å². The summed E-state index contributed by atoms with van der Waals surface area (Å²) < 4.78 is 5.04. The van der Waals surface area contributed by atoms with Gasteiger partial charge in [0.15, 0.2) is 0 Å². The summed E-state index contributed by atoms with van der Waals surface area (Å²) in [6, 6.07) is 10.1. The second-order valence-electron chi connectivity index (χ2n) is 3.05. The van der Waals surface area contributed by atoms with Crippen molar-refractivity contribution < 1.29 is 4.74 Å². The van der Waals surface area contributed by atoms with Gasteiger partial charge in [-0.2, -0.15) is 0 Å². The first-order valence-corrected chi connectivity index (χ1v) is 4.21. The number of rotatable bonds is 1. The van der Waals surface area contributed by atoms with Gasteiger partial charge in [-0.1, -0.05) is 11.6 Å². The van der Waals surface area contributed by atoms with Crippen LogP contribution in [0.2, 0.25) is 0 Å². The zero-order valence-electron chi connectivity index (χ0n) is 7.74. The molecule has 66 valence electrons. The third-order valence-corrected chi connectivity index (χ3v) is 2.03. The number of hydrogen-bond donors (Lipinski definition) is 0. The van der Waals surface area contributed by atoms with E-state index in [0.717, 1.165) is 10.9 Å². The molecule has 2 aromatic rings. The maximum atomic E-state index is 5.04. The van der Waals surface area contributed by atoms with Crippen molar-refractivity contribution in [1.82, 2.24) is 4.98 Å². The van der Waals surface area contributed by atoms with Crippen LogP contribution in [0.3, 0.4) is 0 Å². The molecule has 0 amide bonds. The molecule has 0 saturated carbocycles. The lowest BCUT2D eigenvalue weighted by atomic mass is 10.1. The molecule has 0 unspecified atom stereocenters. The highest BCUT2D eigenvalue weighted by atomic mass is 16.5. The van der Waals surface area contributed by atoms with E-state index >= 15 is 0 Å². The summed E-state index contributed by atoms with van der Waals surface area (Å²) in [6.45, 7) is 2.07. The molecule has 2 nitrogen and oxygen atoms in total. The van der Waals surface area contributed by atoms with Crippen LogP contribution in [-0.2, 0) is 0 Å². The number of aryl methyl sites for hydroxylation is 1. The maximum absolute atomic E-state index is 5.04. The van der Waals surface area contributed by atoms with Crippen molar-refractivity contribution in [1.29, 1.82) is 0 Å². The van der Waals surface area contributed by atoms with Crippen molar-refractivity contribution in [3.05, 3.63) is 35.9 Å². The molecule has 0 N–H and O–H groups in total. The van der Waals surface area contributed by atoms with E-state index in [1.807, 2.05) is 18.2 Å². The van der Waals surface area contributed by atoms with Gasteiger partial charge in [-0.25, -0.2) is 4.98 Å². The molecule has 0 atom stereocenters. The molecular weight excluding hydrogens is 162 g/mol. The van der Waals surface area contributed by atoms with E-state index in [4.69, 9.17) is 4.74 Å². The lowest BCUT2D eigenvalue weighted by Gasteiger charge is -2.01. The van der Waals surface area contributed by atoms with Crippen molar-refractivity contribution in [3.63, 3.8) is 0 Å². The number of benzene rings is 1. The fourth-order valence-electron chi connectivity index (χ4n) is 1.34. The largest absolute Gasteiger partial charge is 0.481 e. The predicted octanol–water partition coefficient (Wildman–Crippen LogP) is 2.55. The average Bonchev–Trinajstić information content (AvgIpc) is 2.17. The van der Waals surface area contributed by atoms with Crippen LogP contribution in [0.1, 0.15) is 5.56 Å². The molecule has 1 aromatic heterocycles. The van der Waals surface area contributed by atoms with Gasteiger partial charge >= 0.3 is 0 Å². The molecule has 0 aliphatic heterocycles. The van der Waals surface area contributed by atoms with Crippen molar-refractivity contribution >= 4 is 10.9 Å². The highest BCUT2D eigenvalue weighted by Crippen LogP contribution is 2.17. The summed E-state index contributed by atoms with van der Waals surface area (Å²) in [5, 5.41) is 1.15. The van der Waals surface area contributed by atoms with Gasteiger partial charge in [0.25, 0.3) is 0 Å². The first-order chi connectivity index (χ1) is 6.29. The summed E-state index contributed by atoms with van der Waals surface area (Å²) >= 11 is 0. The van der Waals surface area contributed by atoms with Gasteiger partial charge in [0.05, 0.1) is 12.6 Å². The van der Waals surface area contributed by atoms with E-state index in [-0.39, 0.29) is 0 Å². The lowest BCUT2D eigenvalue weighted by Crippen LogP contribution is -1.87. The Balaban J connectivity index is 2.66. The van der Waals surface area contributed by atoms with Gasteiger partial charge in [-0.3, -0.25) is 0 Å². The fourth-order valence-corrected chi connectivity index (χ4v) is 1.34. The maximum Gasteiger partial charge on any atom is 0.213 e. The summed E-state index contributed by atoms with van der Waals surface area (Å²) in [5.74, 6) is 0.663. The van der Waals surface area contributed by atoms with Crippen molar-refractivity contribution in [3.8, 4) is 5.88 Å². The van der Waals surface area contributed by atoms with Gasteiger partial charge in [0.2, 0.25) is 5.88 Å². The second-order valence-corrected chi connectivity index (χ2v) is 3.05. The molecule has 13 heavy (non-hydrogen) atoms. The Bertz CT molecular complexity index is 437. The number of nitrogens with zero attached hydrogens (tertiary/aromatic N) is 1. The number of methoxy groups -OCH3 is 1. The molecule has 0 saturated heterocycles. The molecular formula is C11H11NO. The highest BCUT2D eigenvalue weighted by Gasteiger charge is 1.97. The summed E-state index contributed by atoms with van der Waals surface area (Å²) in [4.78, 5) is 4.31. The Hall–Kier alpha value is -1.57. The molecule has 0 fully saturated rings. The molecule has 2 rings (SSSR count). The Morgan fingerprint density at radius 2 is 2.00 bits per heavy atom. The number of aromatic nitrogens is 1. The smallest absolute Gasteiger partial charge is 0.213 e. The Kier molecular flexibility index (Phi) is 1.89. The SMILES string of the molecule is COc1ccc2cc(C)ccc2n1. The summed E-state index contributed by atoms with van der Waals surface area (Å²) in [7, 11) is 1.63. The molecule has 0 aliphatic rings.